The fourth-order valence-corrected chi connectivity index (χ4v) is 2.84. The van der Waals surface area contributed by atoms with Crippen molar-refractivity contribution in [2.45, 2.75) is 13.0 Å². The van der Waals surface area contributed by atoms with Gasteiger partial charge in [0.05, 0.1) is 28.7 Å². The second kappa shape index (κ2) is 8.30. The zero-order chi connectivity index (χ0) is 18.5. The Morgan fingerprint density at radius 3 is 2.42 bits per heavy atom. The van der Waals surface area contributed by atoms with Crippen molar-refractivity contribution in [3.63, 3.8) is 0 Å². The Balaban J connectivity index is 1.87. The summed E-state index contributed by atoms with van der Waals surface area (Å²) in [6, 6.07) is 16.4. The highest BCUT2D eigenvalue weighted by atomic mass is 35.5. The Hall–Kier alpha value is -2.43. The number of benzene rings is 2. The molecule has 0 spiro atoms. The molecular weight excluding hydrogens is 374 g/mol. The van der Waals surface area contributed by atoms with Gasteiger partial charge in [0, 0.05) is 11.9 Å². The van der Waals surface area contributed by atoms with Gasteiger partial charge in [-0.3, -0.25) is 9.78 Å². The Labute approximate surface area is 161 Å². The summed E-state index contributed by atoms with van der Waals surface area (Å²) in [5.41, 5.74) is 2.08. The summed E-state index contributed by atoms with van der Waals surface area (Å²) in [6.45, 7) is 0.284. The van der Waals surface area contributed by atoms with E-state index in [9.17, 15) is 9.18 Å². The van der Waals surface area contributed by atoms with E-state index >= 15 is 0 Å². The van der Waals surface area contributed by atoms with Gasteiger partial charge in [-0.1, -0.05) is 35.3 Å². The number of carbonyl (C=O) groups is 1. The number of carbonyl (C=O) groups excluding carboxylic acids is 1. The van der Waals surface area contributed by atoms with Crippen molar-refractivity contribution >= 4 is 34.8 Å². The molecule has 0 aliphatic heterocycles. The lowest BCUT2D eigenvalue weighted by Crippen LogP contribution is -2.32. The van der Waals surface area contributed by atoms with E-state index in [4.69, 9.17) is 23.2 Å². The SMILES string of the molecule is O=C(Cc1ccc(Cl)c(Cl)c1)N(Cc1ccccn1)c1ccc(F)cc1. The van der Waals surface area contributed by atoms with Crippen LogP contribution in [0.5, 0.6) is 0 Å². The molecule has 0 aliphatic rings. The highest BCUT2D eigenvalue weighted by Gasteiger charge is 2.18. The largest absolute Gasteiger partial charge is 0.306 e. The fraction of sp³-hybridized carbons (Fsp3) is 0.100. The summed E-state index contributed by atoms with van der Waals surface area (Å²) >= 11 is 12.0. The lowest BCUT2D eigenvalue weighted by molar-refractivity contribution is -0.118. The molecule has 0 fully saturated rings. The van der Waals surface area contributed by atoms with E-state index in [1.165, 1.54) is 12.1 Å². The van der Waals surface area contributed by atoms with Gasteiger partial charge in [0.15, 0.2) is 0 Å². The van der Waals surface area contributed by atoms with E-state index in [1.54, 1.807) is 41.4 Å². The lowest BCUT2D eigenvalue weighted by atomic mass is 10.1. The van der Waals surface area contributed by atoms with Crippen molar-refractivity contribution in [3.8, 4) is 0 Å². The minimum absolute atomic E-state index is 0.140. The highest BCUT2D eigenvalue weighted by Crippen LogP contribution is 2.24. The van der Waals surface area contributed by atoms with Crippen LogP contribution in [0.4, 0.5) is 10.1 Å². The van der Waals surface area contributed by atoms with Crippen LogP contribution in [0.15, 0.2) is 66.9 Å². The number of aromatic nitrogens is 1. The predicted molar refractivity (Wildman–Crippen MR) is 102 cm³/mol. The quantitative estimate of drug-likeness (QED) is 0.593. The molecule has 0 aliphatic carbocycles. The van der Waals surface area contributed by atoms with Gasteiger partial charge in [-0.15, -0.1) is 0 Å². The van der Waals surface area contributed by atoms with E-state index < -0.39 is 0 Å². The molecule has 6 heteroatoms. The predicted octanol–water partition coefficient (Wildman–Crippen LogP) is 5.30. The standard InChI is InChI=1S/C20H15Cl2FN2O/c21-18-9-4-14(11-19(18)22)12-20(26)25(13-16-3-1-2-10-24-16)17-7-5-15(23)6-8-17/h1-11H,12-13H2. The second-order valence-corrected chi connectivity index (χ2v) is 6.52. The number of amides is 1. The minimum Gasteiger partial charge on any atom is -0.306 e. The summed E-state index contributed by atoms with van der Waals surface area (Å²) in [6.07, 6.45) is 1.81. The van der Waals surface area contributed by atoms with Crippen molar-refractivity contribution in [1.29, 1.82) is 0 Å². The van der Waals surface area contributed by atoms with Crippen LogP contribution in [-0.2, 0) is 17.8 Å². The molecule has 0 bridgehead atoms. The average Bonchev–Trinajstić information content (AvgIpc) is 2.64. The molecule has 3 nitrogen and oxygen atoms in total. The molecule has 0 saturated carbocycles. The van der Waals surface area contributed by atoms with Crippen LogP contribution >= 0.6 is 23.2 Å². The molecule has 1 aromatic heterocycles. The summed E-state index contributed by atoms with van der Waals surface area (Å²) < 4.78 is 13.3. The molecule has 2 aromatic carbocycles. The van der Waals surface area contributed by atoms with E-state index in [-0.39, 0.29) is 24.7 Å². The van der Waals surface area contributed by atoms with Crippen LogP contribution < -0.4 is 4.90 Å². The Morgan fingerprint density at radius 2 is 1.77 bits per heavy atom. The minimum atomic E-state index is -0.358. The molecule has 3 aromatic rings. The van der Waals surface area contributed by atoms with E-state index in [0.717, 1.165) is 11.3 Å². The fourth-order valence-electron chi connectivity index (χ4n) is 2.52. The van der Waals surface area contributed by atoms with Crippen molar-refractivity contribution < 1.29 is 9.18 Å². The normalized spacial score (nSPS) is 10.6. The molecule has 3 rings (SSSR count). The third-order valence-corrected chi connectivity index (χ3v) is 4.56. The topological polar surface area (TPSA) is 33.2 Å². The number of nitrogens with zero attached hydrogens (tertiary/aromatic N) is 2. The van der Waals surface area contributed by atoms with Gasteiger partial charge in [0.1, 0.15) is 5.82 Å². The summed E-state index contributed by atoms with van der Waals surface area (Å²) in [7, 11) is 0. The van der Waals surface area contributed by atoms with Gasteiger partial charge in [0.25, 0.3) is 0 Å². The monoisotopic (exact) mass is 388 g/mol. The molecule has 132 valence electrons. The molecule has 26 heavy (non-hydrogen) atoms. The van der Waals surface area contributed by atoms with Crippen molar-refractivity contribution in [3.05, 3.63) is 94.0 Å². The molecule has 1 amide bonds. The molecule has 0 unspecified atom stereocenters. The first-order chi connectivity index (χ1) is 12.5. The van der Waals surface area contributed by atoms with Crippen LogP contribution in [0.2, 0.25) is 10.0 Å². The Bertz CT molecular complexity index is 901. The van der Waals surface area contributed by atoms with Crippen molar-refractivity contribution in [1.82, 2.24) is 4.98 Å². The first-order valence-electron chi connectivity index (χ1n) is 7.93. The van der Waals surface area contributed by atoms with Gasteiger partial charge in [-0.25, -0.2) is 4.39 Å². The molecule has 1 heterocycles. The number of halogens is 3. The summed E-state index contributed by atoms with van der Waals surface area (Å²) in [4.78, 5) is 18.8. The van der Waals surface area contributed by atoms with Gasteiger partial charge in [-0.2, -0.15) is 0 Å². The van der Waals surface area contributed by atoms with Crippen LogP contribution in [0.3, 0.4) is 0 Å². The maximum Gasteiger partial charge on any atom is 0.231 e. The maximum absolute atomic E-state index is 13.3. The van der Waals surface area contributed by atoms with Crippen LogP contribution in [0, 0.1) is 5.82 Å². The first kappa shape index (κ1) is 18.4. The van der Waals surface area contributed by atoms with E-state index in [1.807, 2.05) is 18.2 Å². The Kier molecular flexibility index (Phi) is 5.86. The maximum atomic E-state index is 13.3. The van der Waals surface area contributed by atoms with Crippen LogP contribution in [0.1, 0.15) is 11.3 Å². The zero-order valence-corrected chi connectivity index (χ0v) is 15.2. The number of rotatable bonds is 5. The van der Waals surface area contributed by atoms with Gasteiger partial charge in [-0.05, 0) is 54.1 Å². The van der Waals surface area contributed by atoms with Gasteiger partial charge in [0.2, 0.25) is 5.91 Å². The van der Waals surface area contributed by atoms with Crippen molar-refractivity contribution in [2.24, 2.45) is 0 Å². The highest BCUT2D eigenvalue weighted by molar-refractivity contribution is 6.42. The summed E-state index contributed by atoms with van der Waals surface area (Å²) in [5, 5.41) is 0.835. The van der Waals surface area contributed by atoms with E-state index in [2.05, 4.69) is 4.98 Å². The molecule has 0 atom stereocenters. The first-order valence-corrected chi connectivity index (χ1v) is 8.68. The van der Waals surface area contributed by atoms with Gasteiger partial charge >= 0.3 is 0 Å². The molecule has 0 radical (unpaired) electrons. The number of pyridine rings is 1. The molecule has 0 N–H and O–H groups in total. The van der Waals surface area contributed by atoms with E-state index in [0.29, 0.717) is 15.7 Å². The smallest absolute Gasteiger partial charge is 0.231 e. The number of hydrogen-bond acceptors (Lipinski definition) is 2. The molecular formula is C20H15Cl2FN2O. The zero-order valence-electron chi connectivity index (χ0n) is 13.7. The summed E-state index contributed by atoms with van der Waals surface area (Å²) in [5.74, 6) is -0.510. The molecule has 0 saturated heterocycles. The number of anilines is 1. The lowest BCUT2D eigenvalue weighted by Gasteiger charge is -2.23. The average molecular weight is 389 g/mol. The van der Waals surface area contributed by atoms with Gasteiger partial charge < -0.3 is 4.90 Å². The van der Waals surface area contributed by atoms with Crippen LogP contribution in [-0.4, -0.2) is 10.9 Å². The third-order valence-electron chi connectivity index (χ3n) is 3.82. The van der Waals surface area contributed by atoms with Crippen LogP contribution in [0.25, 0.3) is 0 Å². The number of hydrogen-bond donors (Lipinski definition) is 0. The second-order valence-electron chi connectivity index (χ2n) is 5.70. The third kappa shape index (κ3) is 4.59. The Morgan fingerprint density at radius 1 is 1.00 bits per heavy atom. The van der Waals surface area contributed by atoms with Crippen molar-refractivity contribution in [2.75, 3.05) is 4.90 Å².